The maximum atomic E-state index is 12.3. The van der Waals surface area contributed by atoms with Gasteiger partial charge in [0.05, 0.1) is 7.11 Å². The monoisotopic (exact) mass is 249 g/mol. The number of amides is 1. The Bertz CT molecular complexity index is 454. The Morgan fingerprint density at radius 3 is 2.50 bits per heavy atom. The number of hydrogen-bond acceptors (Lipinski definition) is 3. The van der Waals surface area contributed by atoms with Gasteiger partial charge in [-0.15, -0.1) is 0 Å². The number of aryl methyl sites for hydroxylation is 2. The zero-order valence-corrected chi connectivity index (χ0v) is 11.3. The van der Waals surface area contributed by atoms with E-state index in [1.54, 1.807) is 0 Å². The molecule has 0 saturated carbocycles. The second-order valence-corrected chi connectivity index (χ2v) is 4.21. The van der Waals surface area contributed by atoms with Crippen molar-refractivity contribution in [3.63, 3.8) is 0 Å². The highest BCUT2D eigenvalue weighted by atomic mass is 16.5. The number of nitrogens with zero attached hydrogens (tertiary/aromatic N) is 1. The van der Waals surface area contributed by atoms with Gasteiger partial charge in [-0.05, 0) is 32.4 Å². The van der Waals surface area contributed by atoms with Crippen LogP contribution < -0.4 is 0 Å². The minimum absolute atomic E-state index is 0.0147. The number of benzene rings is 1. The summed E-state index contributed by atoms with van der Waals surface area (Å²) in [6, 6.07) is 5.72. The lowest BCUT2D eigenvalue weighted by molar-refractivity contribution is -0.141. The Morgan fingerprint density at radius 1 is 1.28 bits per heavy atom. The molecule has 0 bridgehead atoms. The topological polar surface area (TPSA) is 46.6 Å². The van der Waals surface area contributed by atoms with Gasteiger partial charge in [0.25, 0.3) is 5.91 Å². The van der Waals surface area contributed by atoms with Gasteiger partial charge in [-0.2, -0.15) is 0 Å². The Morgan fingerprint density at radius 2 is 1.94 bits per heavy atom. The molecule has 0 aliphatic heterocycles. The molecule has 4 heteroatoms. The van der Waals surface area contributed by atoms with Crippen LogP contribution in [0.2, 0.25) is 0 Å². The van der Waals surface area contributed by atoms with Gasteiger partial charge < -0.3 is 9.64 Å². The first kappa shape index (κ1) is 14.2. The molecule has 0 N–H and O–H groups in total. The minimum Gasteiger partial charge on any atom is -0.468 e. The Balaban J connectivity index is 2.96. The van der Waals surface area contributed by atoms with Crippen molar-refractivity contribution in [2.45, 2.75) is 20.8 Å². The van der Waals surface area contributed by atoms with Crippen molar-refractivity contribution >= 4 is 11.9 Å². The normalized spacial score (nSPS) is 10.0. The van der Waals surface area contributed by atoms with Crippen molar-refractivity contribution in [1.29, 1.82) is 0 Å². The molecule has 18 heavy (non-hydrogen) atoms. The fraction of sp³-hybridized carbons (Fsp3) is 0.429. The fourth-order valence-electron chi connectivity index (χ4n) is 1.68. The lowest BCUT2D eigenvalue weighted by Gasteiger charge is -2.20. The third-order valence-electron chi connectivity index (χ3n) is 2.84. The van der Waals surface area contributed by atoms with Crippen LogP contribution in [0.1, 0.15) is 28.4 Å². The average Bonchev–Trinajstić information content (AvgIpc) is 2.37. The highest BCUT2D eigenvalue weighted by molar-refractivity contribution is 5.97. The summed E-state index contributed by atoms with van der Waals surface area (Å²) in [5.74, 6) is -0.542. The van der Waals surface area contributed by atoms with Crippen molar-refractivity contribution in [3.8, 4) is 0 Å². The van der Waals surface area contributed by atoms with E-state index in [0.717, 1.165) is 11.1 Å². The lowest BCUT2D eigenvalue weighted by Crippen LogP contribution is -2.36. The zero-order chi connectivity index (χ0) is 13.7. The molecule has 1 aromatic rings. The number of rotatable bonds is 4. The third-order valence-corrected chi connectivity index (χ3v) is 2.84. The molecule has 0 atom stereocenters. The third kappa shape index (κ3) is 3.32. The van der Waals surface area contributed by atoms with Crippen molar-refractivity contribution in [1.82, 2.24) is 4.90 Å². The standard InChI is InChI=1S/C14H19NO3/c1-5-15(9-13(16)18-4)14(17)12-8-10(2)6-7-11(12)3/h6-8H,5,9H2,1-4H3. The van der Waals surface area contributed by atoms with E-state index in [2.05, 4.69) is 4.74 Å². The number of ether oxygens (including phenoxy) is 1. The van der Waals surface area contributed by atoms with Crippen LogP contribution in [0.3, 0.4) is 0 Å². The Labute approximate surface area is 108 Å². The summed E-state index contributed by atoms with van der Waals surface area (Å²) in [5.41, 5.74) is 2.58. The zero-order valence-electron chi connectivity index (χ0n) is 11.3. The van der Waals surface area contributed by atoms with Gasteiger partial charge in [-0.3, -0.25) is 9.59 Å². The predicted molar refractivity (Wildman–Crippen MR) is 69.5 cm³/mol. The first-order valence-electron chi connectivity index (χ1n) is 5.93. The number of methoxy groups -OCH3 is 1. The number of carbonyl (C=O) groups excluding carboxylic acids is 2. The molecular formula is C14H19NO3. The Hall–Kier alpha value is -1.84. The fourth-order valence-corrected chi connectivity index (χ4v) is 1.68. The van der Waals surface area contributed by atoms with Crippen LogP contribution in [0.5, 0.6) is 0 Å². The number of likely N-dealkylation sites (N-methyl/N-ethyl adjacent to an activating group) is 1. The van der Waals surface area contributed by atoms with Crippen LogP contribution in [0.25, 0.3) is 0 Å². The SMILES string of the molecule is CCN(CC(=O)OC)C(=O)c1cc(C)ccc1C. The van der Waals surface area contributed by atoms with Gasteiger partial charge in [0.1, 0.15) is 6.54 Å². The summed E-state index contributed by atoms with van der Waals surface area (Å²) >= 11 is 0. The van der Waals surface area contributed by atoms with E-state index in [1.165, 1.54) is 12.0 Å². The van der Waals surface area contributed by atoms with Gasteiger partial charge >= 0.3 is 5.97 Å². The molecule has 98 valence electrons. The molecule has 0 aliphatic rings. The number of esters is 1. The molecule has 0 fully saturated rings. The number of carbonyl (C=O) groups is 2. The molecular weight excluding hydrogens is 230 g/mol. The quantitative estimate of drug-likeness (QED) is 0.766. The van der Waals surface area contributed by atoms with Crippen LogP contribution in [0, 0.1) is 13.8 Å². The second-order valence-electron chi connectivity index (χ2n) is 4.21. The van der Waals surface area contributed by atoms with Gasteiger partial charge in [0.15, 0.2) is 0 Å². The van der Waals surface area contributed by atoms with E-state index < -0.39 is 5.97 Å². The molecule has 0 aliphatic carbocycles. The molecule has 0 spiro atoms. The second kappa shape index (κ2) is 6.19. The molecule has 0 saturated heterocycles. The number of hydrogen-bond donors (Lipinski definition) is 0. The van der Waals surface area contributed by atoms with Crippen molar-refractivity contribution < 1.29 is 14.3 Å². The molecule has 0 radical (unpaired) electrons. The highest BCUT2D eigenvalue weighted by Crippen LogP contribution is 2.13. The molecule has 0 heterocycles. The van der Waals surface area contributed by atoms with Gasteiger partial charge in [0.2, 0.25) is 0 Å². The van der Waals surface area contributed by atoms with E-state index in [0.29, 0.717) is 12.1 Å². The van der Waals surface area contributed by atoms with Crippen molar-refractivity contribution in [3.05, 3.63) is 34.9 Å². The molecule has 4 nitrogen and oxygen atoms in total. The average molecular weight is 249 g/mol. The summed E-state index contributed by atoms with van der Waals surface area (Å²) in [7, 11) is 1.32. The predicted octanol–water partition coefficient (Wildman–Crippen LogP) is 1.94. The van der Waals surface area contributed by atoms with Crippen molar-refractivity contribution in [2.24, 2.45) is 0 Å². The molecule has 1 aromatic carbocycles. The maximum Gasteiger partial charge on any atom is 0.325 e. The summed E-state index contributed by atoms with van der Waals surface area (Å²) in [4.78, 5) is 25.1. The van der Waals surface area contributed by atoms with Gasteiger partial charge in [-0.25, -0.2) is 0 Å². The van der Waals surface area contributed by atoms with E-state index in [1.807, 2.05) is 39.0 Å². The minimum atomic E-state index is -0.407. The first-order valence-corrected chi connectivity index (χ1v) is 5.93. The van der Waals surface area contributed by atoms with E-state index in [-0.39, 0.29) is 12.5 Å². The summed E-state index contributed by atoms with van der Waals surface area (Å²) in [6.07, 6.45) is 0. The molecule has 1 rings (SSSR count). The highest BCUT2D eigenvalue weighted by Gasteiger charge is 2.19. The van der Waals surface area contributed by atoms with Crippen LogP contribution in [-0.2, 0) is 9.53 Å². The van der Waals surface area contributed by atoms with Gasteiger partial charge in [-0.1, -0.05) is 17.7 Å². The van der Waals surface area contributed by atoms with Crippen LogP contribution in [0.4, 0.5) is 0 Å². The smallest absolute Gasteiger partial charge is 0.325 e. The summed E-state index contributed by atoms with van der Waals surface area (Å²) in [5, 5.41) is 0. The molecule has 0 unspecified atom stereocenters. The van der Waals surface area contributed by atoms with E-state index >= 15 is 0 Å². The summed E-state index contributed by atoms with van der Waals surface area (Å²) < 4.78 is 4.59. The lowest BCUT2D eigenvalue weighted by atomic mass is 10.0. The van der Waals surface area contributed by atoms with E-state index in [9.17, 15) is 9.59 Å². The molecule has 1 amide bonds. The van der Waals surface area contributed by atoms with Crippen LogP contribution in [-0.4, -0.2) is 37.0 Å². The van der Waals surface area contributed by atoms with Gasteiger partial charge in [0, 0.05) is 12.1 Å². The van der Waals surface area contributed by atoms with Crippen LogP contribution >= 0.6 is 0 Å². The van der Waals surface area contributed by atoms with Crippen LogP contribution in [0.15, 0.2) is 18.2 Å². The summed E-state index contributed by atoms with van der Waals surface area (Å²) in [6.45, 7) is 6.12. The molecule has 0 aromatic heterocycles. The largest absolute Gasteiger partial charge is 0.468 e. The van der Waals surface area contributed by atoms with Crippen molar-refractivity contribution in [2.75, 3.05) is 20.2 Å². The first-order chi connectivity index (χ1) is 8.49. The van der Waals surface area contributed by atoms with E-state index in [4.69, 9.17) is 0 Å². The maximum absolute atomic E-state index is 12.3. The Kier molecular flexibility index (Phi) is 4.89.